The molecule has 3 heterocycles. The Kier molecular flexibility index (Phi) is 4.46. The Bertz CT molecular complexity index is 767. The predicted molar refractivity (Wildman–Crippen MR) is 87.0 cm³/mol. The van der Waals surface area contributed by atoms with Gasteiger partial charge in [-0.05, 0) is 24.4 Å². The lowest BCUT2D eigenvalue weighted by Crippen LogP contribution is -2.33. The second kappa shape index (κ2) is 6.61. The summed E-state index contributed by atoms with van der Waals surface area (Å²) in [6, 6.07) is 0.299. The Morgan fingerprint density at radius 3 is 2.64 bits per heavy atom. The first-order chi connectivity index (χ1) is 12.1. The van der Waals surface area contributed by atoms with E-state index in [4.69, 9.17) is 16.3 Å². The molecule has 1 aliphatic carbocycles. The summed E-state index contributed by atoms with van der Waals surface area (Å²) in [7, 11) is 0. The maximum atomic E-state index is 10.2. The molecule has 4 N–H and O–H groups in total. The van der Waals surface area contributed by atoms with Crippen LogP contribution in [-0.4, -0.2) is 71.2 Å². The summed E-state index contributed by atoms with van der Waals surface area (Å²) in [4.78, 5) is 8.35. The summed E-state index contributed by atoms with van der Waals surface area (Å²) in [6.07, 6.45) is -0.0261. The topological polar surface area (TPSA) is 138 Å². The molecule has 1 saturated carbocycles. The first kappa shape index (κ1) is 16.9. The van der Waals surface area contributed by atoms with Gasteiger partial charge < -0.3 is 25.4 Å². The molecule has 4 rings (SSSR count). The summed E-state index contributed by atoms with van der Waals surface area (Å²) >= 11 is 6.04. The van der Waals surface area contributed by atoms with Gasteiger partial charge in [-0.2, -0.15) is 14.6 Å². The zero-order valence-electron chi connectivity index (χ0n) is 13.3. The average molecular weight is 371 g/mol. The van der Waals surface area contributed by atoms with Gasteiger partial charge in [-0.3, -0.25) is 0 Å². The monoisotopic (exact) mass is 370 g/mol. The van der Waals surface area contributed by atoms with E-state index >= 15 is 0 Å². The average Bonchev–Trinajstić information content (AvgIpc) is 3.29. The van der Waals surface area contributed by atoms with Crippen LogP contribution in [0.5, 0.6) is 0 Å². The van der Waals surface area contributed by atoms with Crippen molar-refractivity contribution in [2.75, 3.05) is 11.9 Å². The quantitative estimate of drug-likeness (QED) is 0.540. The molecule has 0 radical (unpaired) electrons. The van der Waals surface area contributed by atoms with Crippen LogP contribution in [0.25, 0.3) is 11.2 Å². The second-order valence-corrected chi connectivity index (χ2v) is 6.74. The van der Waals surface area contributed by atoms with Crippen LogP contribution in [0.1, 0.15) is 31.9 Å². The molecule has 10 nitrogen and oxygen atoms in total. The van der Waals surface area contributed by atoms with Crippen LogP contribution < -0.4 is 5.32 Å². The first-order valence-corrected chi connectivity index (χ1v) is 8.63. The van der Waals surface area contributed by atoms with Crippen molar-refractivity contribution >= 4 is 28.6 Å². The number of hydrogen-bond acceptors (Lipinski definition) is 9. The van der Waals surface area contributed by atoms with E-state index in [2.05, 4.69) is 25.6 Å². The van der Waals surface area contributed by atoms with E-state index < -0.39 is 31.1 Å². The molecule has 2 aromatic heterocycles. The largest absolute Gasteiger partial charge is 0.394 e. The highest BCUT2D eigenvalue weighted by molar-refractivity contribution is 6.28. The fraction of sp³-hybridized carbons (Fsp3) is 0.714. The zero-order valence-corrected chi connectivity index (χ0v) is 14.0. The van der Waals surface area contributed by atoms with E-state index in [1.54, 1.807) is 0 Å². The highest BCUT2D eigenvalue weighted by atomic mass is 35.5. The van der Waals surface area contributed by atoms with Gasteiger partial charge in [0, 0.05) is 6.04 Å². The van der Waals surface area contributed by atoms with Gasteiger partial charge in [0.2, 0.25) is 5.28 Å². The molecule has 0 bridgehead atoms. The maximum Gasteiger partial charge on any atom is 0.226 e. The minimum absolute atomic E-state index is 0.0169. The van der Waals surface area contributed by atoms with E-state index in [0.29, 0.717) is 17.4 Å². The maximum absolute atomic E-state index is 10.2. The van der Waals surface area contributed by atoms with Crippen molar-refractivity contribution in [1.29, 1.82) is 0 Å². The van der Waals surface area contributed by atoms with Crippen molar-refractivity contribution in [3.63, 3.8) is 0 Å². The number of fused-ring (bicyclic) bond motifs is 1. The second-order valence-electron chi connectivity index (χ2n) is 6.40. The van der Waals surface area contributed by atoms with Crippen LogP contribution in [-0.2, 0) is 4.74 Å². The summed E-state index contributed by atoms with van der Waals surface area (Å²) < 4.78 is 6.74. The van der Waals surface area contributed by atoms with E-state index in [0.717, 1.165) is 25.7 Å². The van der Waals surface area contributed by atoms with Crippen molar-refractivity contribution in [3.05, 3.63) is 5.28 Å². The fourth-order valence-corrected chi connectivity index (χ4v) is 3.59. The van der Waals surface area contributed by atoms with E-state index in [1.807, 2.05) is 0 Å². The van der Waals surface area contributed by atoms with Crippen LogP contribution >= 0.6 is 11.6 Å². The Morgan fingerprint density at radius 2 is 1.96 bits per heavy atom. The molecule has 2 aromatic rings. The number of halogens is 1. The van der Waals surface area contributed by atoms with Crippen molar-refractivity contribution in [3.8, 4) is 0 Å². The van der Waals surface area contributed by atoms with Crippen LogP contribution in [0.3, 0.4) is 0 Å². The van der Waals surface area contributed by atoms with Gasteiger partial charge in [0.1, 0.15) is 18.3 Å². The third kappa shape index (κ3) is 2.93. The van der Waals surface area contributed by atoms with Crippen molar-refractivity contribution < 1.29 is 20.1 Å². The standard InChI is InChI=1S/C14H19ClN6O4/c15-14-17-11(16-6-3-1-2-4-6)8-12(18-14)21(20-19-8)13-10(24)9(23)7(5-22)25-13/h6-7,9-10,13,22-24H,1-5H2,(H,16,17,18)/t7-,9-,10-,13-/m1/s1. The van der Waals surface area contributed by atoms with E-state index in [9.17, 15) is 15.3 Å². The smallest absolute Gasteiger partial charge is 0.226 e. The molecular formula is C14H19ClN6O4. The molecule has 2 aliphatic rings. The lowest BCUT2D eigenvalue weighted by Gasteiger charge is -2.15. The number of aromatic nitrogens is 5. The lowest BCUT2D eigenvalue weighted by atomic mass is 10.1. The molecule has 2 fully saturated rings. The van der Waals surface area contributed by atoms with Crippen LogP contribution in [0, 0.1) is 0 Å². The van der Waals surface area contributed by atoms with Crippen LogP contribution in [0.4, 0.5) is 5.82 Å². The number of aliphatic hydroxyl groups is 3. The summed E-state index contributed by atoms with van der Waals surface area (Å²) in [5.41, 5.74) is 0.698. The molecule has 0 amide bonds. The molecule has 0 aromatic carbocycles. The molecule has 0 unspecified atom stereocenters. The Hall–Kier alpha value is -1.59. The Balaban J connectivity index is 1.70. The molecule has 11 heteroatoms. The first-order valence-electron chi connectivity index (χ1n) is 8.26. The SMILES string of the molecule is OC[C@H]1O[C@@H](n2nnc3c(NC4CCCC4)nc(Cl)nc32)[C@H](O)[C@@H]1O. The number of hydrogen-bond donors (Lipinski definition) is 4. The normalized spacial score (nSPS) is 30.4. The van der Waals surface area contributed by atoms with Crippen molar-refractivity contribution in [2.45, 2.75) is 56.3 Å². The Labute approximate surface area is 147 Å². The summed E-state index contributed by atoms with van der Waals surface area (Å²) in [5, 5.41) is 40.8. The predicted octanol–water partition coefficient (Wildman–Crippen LogP) is -0.159. The highest BCUT2D eigenvalue weighted by Crippen LogP contribution is 2.32. The molecule has 25 heavy (non-hydrogen) atoms. The van der Waals surface area contributed by atoms with Gasteiger partial charge >= 0.3 is 0 Å². The van der Waals surface area contributed by atoms with Crippen LogP contribution in [0.15, 0.2) is 0 Å². The highest BCUT2D eigenvalue weighted by Gasteiger charge is 2.44. The van der Waals surface area contributed by atoms with Gasteiger partial charge in [0.05, 0.1) is 6.61 Å². The third-order valence-electron chi connectivity index (χ3n) is 4.75. The van der Waals surface area contributed by atoms with Crippen LogP contribution in [0.2, 0.25) is 5.28 Å². The molecular weight excluding hydrogens is 352 g/mol. The number of rotatable bonds is 4. The van der Waals surface area contributed by atoms with Crippen molar-refractivity contribution in [2.24, 2.45) is 0 Å². The lowest BCUT2D eigenvalue weighted by molar-refractivity contribution is -0.0574. The zero-order chi connectivity index (χ0) is 17.6. The molecule has 1 saturated heterocycles. The number of anilines is 1. The number of nitrogens with zero attached hydrogens (tertiary/aromatic N) is 5. The van der Waals surface area contributed by atoms with Gasteiger partial charge in [-0.15, -0.1) is 5.10 Å². The molecule has 1 aliphatic heterocycles. The van der Waals surface area contributed by atoms with Gasteiger partial charge in [-0.1, -0.05) is 18.1 Å². The van der Waals surface area contributed by atoms with Crippen molar-refractivity contribution in [1.82, 2.24) is 25.0 Å². The van der Waals surface area contributed by atoms with E-state index in [-0.39, 0.29) is 10.9 Å². The molecule has 0 spiro atoms. The van der Waals surface area contributed by atoms with E-state index in [1.165, 1.54) is 4.68 Å². The van der Waals surface area contributed by atoms with Gasteiger partial charge in [-0.25, -0.2) is 0 Å². The summed E-state index contributed by atoms with van der Waals surface area (Å²) in [6.45, 7) is -0.425. The number of aliphatic hydroxyl groups excluding tert-OH is 3. The van der Waals surface area contributed by atoms with Gasteiger partial charge in [0.25, 0.3) is 0 Å². The Morgan fingerprint density at radius 1 is 1.20 bits per heavy atom. The molecule has 4 atom stereocenters. The minimum atomic E-state index is -1.28. The number of ether oxygens (including phenoxy) is 1. The fourth-order valence-electron chi connectivity index (χ4n) is 3.42. The third-order valence-corrected chi connectivity index (χ3v) is 4.92. The molecule has 136 valence electrons. The number of nitrogens with one attached hydrogen (secondary N) is 1. The van der Waals surface area contributed by atoms with Gasteiger partial charge in [0.15, 0.2) is 23.2 Å². The minimum Gasteiger partial charge on any atom is -0.394 e. The summed E-state index contributed by atoms with van der Waals surface area (Å²) in [5.74, 6) is 0.486.